The summed E-state index contributed by atoms with van der Waals surface area (Å²) in [5.74, 6) is -0.735. The molecule has 2 heterocycles. The smallest absolute Gasteiger partial charge is 0.331 e. The van der Waals surface area contributed by atoms with Crippen molar-refractivity contribution in [2.45, 2.75) is 26.8 Å². The first-order valence-corrected chi connectivity index (χ1v) is 8.07. The van der Waals surface area contributed by atoms with E-state index in [1.807, 2.05) is 11.5 Å². The molecule has 7 nitrogen and oxygen atoms in total. The Kier molecular flexibility index (Phi) is 6.54. The molecule has 0 aromatic carbocycles. The minimum absolute atomic E-state index is 0.215. The fourth-order valence-electron chi connectivity index (χ4n) is 2.53. The summed E-state index contributed by atoms with van der Waals surface area (Å²) < 4.78 is 16.5. The maximum atomic E-state index is 12.3. The Morgan fingerprint density at radius 2 is 2.04 bits per heavy atom. The maximum absolute atomic E-state index is 12.3. The molecule has 7 heteroatoms. The molecule has 0 saturated heterocycles. The number of ether oxygens (including phenoxy) is 2. The van der Waals surface area contributed by atoms with Gasteiger partial charge in [0.25, 0.3) is 0 Å². The summed E-state index contributed by atoms with van der Waals surface area (Å²) >= 11 is 0. The number of aryl methyl sites for hydroxylation is 1. The van der Waals surface area contributed by atoms with Crippen molar-refractivity contribution >= 4 is 23.8 Å². The molecule has 0 amide bonds. The Balaban J connectivity index is 1.94. The van der Waals surface area contributed by atoms with Gasteiger partial charge in [-0.25, -0.2) is 4.79 Å². The lowest BCUT2D eigenvalue weighted by atomic mass is 10.1. The first kappa shape index (κ1) is 19.2. The van der Waals surface area contributed by atoms with Crippen molar-refractivity contribution in [3.8, 4) is 0 Å². The number of nitrogens with zero attached hydrogens (tertiary/aromatic N) is 1. The van der Waals surface area contributed by atoms with Gasteiger partial charge in [0, 0.05) is 29.6 Å². The van der Waals surface area contributed by atoms with Crippen LogP contribution in [0.25, 0.3) is 6.08 Å². The molecule has 2 aromatic rings. The van der Waals surface area contributed by atoms with E-state index in [9.17, 15) is 14.4 Å². The number of hydrogen-bond acceptors (Lipinski definition) is 6. The molecule has 0 atom stereocenters. The molecule has 138 valence electrons. The van der Waals surface area contributed by atoms with Gasteiger partial charge in [-0.3, -0.25) is 9.59 Å². The highest BCUT2D eigenvalue weighted by atomic mass is 16.5. The second kappa shape index (κ2) is 8.84. The van der Waals surface area contributed by atoms with E-state index in [1.54, 1.807) is 25.1 Å². The van der Waals surface area contributed by atoms with E-state index in [-0.39, 0.29) is 24.8 Å². The van der Waals surface area contributed by atoms with Gasteiger partial charge in [-0.2, -0.15) is 0 Å². The summed E-state index contributed by atoms with van der Waals surface area (Å²) in [5, 5.41) is 0. The number of aromatic nitrogens is 1. The maximum Gasteiger partial charge on any atom is 0.331 e. The Morgan fingerprint density at radius 1 is 1.27 bits per heavy atom. The normalized spacial score (nSPS) is 10.9. The van der Waals surface area contributed by atoms with Crippen molar-refractivity contribution in [2.75, 3.05) is 13.7 Å². The highest BCUT2D eigenvalue weighted by Gasteiger charge is 2.17. The van der Waals surface area contributed by atoms with Crippen LogP contribution in [0.15, 0.2) is 35.0 Å². The van der Waals surface area contributed by atoms with Crippen LogP contribution in [0.2, 0.25) is 0 Å². The summed E-state index contributed by atoms with van der Waals surface area (Å²) in [6, 6.07) is 5.12. The molecule has 0 spiro atoms. The Hall–Kier alpha value is -3.09. The number of carbonyl (C=O) groups is 3. The number of carbonyl (C=O) groups excluding carboxylic acids is 3. The summed E-state index contributed by atoms with van der Waals surface area (Å²) in [5.41, 5.74) is 2.03. The number of hydrogen-bond donors (Lipinski definition) is 0. The highest BCUT2D eigenvalue weighted by molar-refractivity contribution is 6.00. The third-order valence-electron chi connectivity index (χ3n) is 3.91. The van der Waals surface area contributed by atoms with Gasteiger partial charge in [0.1, 0.15) is 5.76 Å². The zero-order valence-electron chi connectivity index (χ0n) is 15.0. The molecule has 2 rings (SSSR count). The number of esters is 2. The number of Topliss-reactive ketones (excluding diaryl/α,β-unsaturated/α-hetero) is 1. The Labute approximate surface area is 151 Å². The van der Waals surface area contributed by atoms with Crippen molar-refractivity contribution < 1.29 is 28.3 Å². The molecule has 0 aliphatic carbocycles. The molecule has 0 aliphatic rings. The van der Waals surface area contributed by atoms with Gasteiger partial charge in [0.2, 0.25) is 5.78 Å². The first-order valence-electron chi connectivity index (χ1n) is 8.07. The molecule has 0 saturated carbocycles. The number of rotatable bonds is 8. The van der Waals surface area contributed by atoms with Crippen LogP contribution in [0.1, 0.15) is 33.9 Å². The van der Waals surface area contributed by atoms with E-state index < -0.39 is 5.97 Å². The van der Waals surface area contributed by atoms with Crippen LogP contribution < -0.4 is 0 Å². The molecule has 0 unspecified atom stereocenters. The molecule has 26 heavy (non-hydrogen) atoms. The third-order valence-corrected chi connectivity index (χ3v) is 3.91. The van der Waals surface area contributed by atoms with Gasteiger partial charge < -0.3 is 18.5 Å². The molecule has 2 aromatic heterocycles. The number of furan rings is 1. The molecular weight excluding hydrogens is 338 g/mol. The van der Waals surface area contributed by atoms with E-state index >= 15 is 0 Å². The standard InChI is InChI=1S/C19H21NO6/c1-13-11-16(14(2)20(13)9-8-18(22)24-3)17(21)12-26-19(23)7-6-15-5-4-10-25-15/h4-7,10-11H,8-9,12H2,1-3H3/b7-6+. The van der Waals surface area contributed by atoms with Crippen LogP contribution >= 0.6 is 0 Å². The molecular formula is C19H21NO6. The fraction of sp³-hybridized carbons (Fsp3) is 0.316. The van der Waals surface area contributed by atoms with Crippen molar-refractivity contribution in [3.63, 3.8) is 0 Å². The quantitative estimate of drug-likeness (QED) is 0.409. The second-order valence-electron chi connectivity index (χ2n) is 5.64. The summed E-state index contributed by atoms with van der Waals surface area (Å²) in [6.07, 6.45) is 4.37. The van der Waals surface area contributed by atoms with Crippen LogP contribution in [-0.4, -0.2) is 36.0 Å². The predicted octanol–water partition coefficient (Wildman–Crippen LogP) is 2.70. The Bertz CT molecular complexity index is 813. The van der Waals surface area contributed by atoms with Crippen molar-refractivity contribution in [1.82, 2.24) is 4.57 Å². The molecule has 0 aliphatic heterocycles. The largest absolute Gasteiger partial charge is 0.469 e. The van der Waals surface area contributed by atoms with E-state index in [0.29, 0.717) is 17.9 Å². The lowest BCUT2D eigenvalue weighted by Gasteiger charge is -2.08. The first-order chi connectivity index (χ1) is 12.4. The fourth-order valence-corrected chi connectivity index (χ4v) is 2.53. The van der Waals surface area contributed by atoms with Crippen molar-refractivity contribution in [1.29, 1.82) is 0 Å². The summed E-state index contributed by atoms with van der Waals surface area (Å²) in [6.45, 7) is 3.70. The average molecular weight is 359 g/mol. The van der Waals surface area contributed by atoms with E-state index in [2.05, 4.69) is 4.74 Å². The average Bonchev–Trinajstić information content (AvgIpc) is 3.24. The molecule has 0 radical (unpaired) electrons. The summed E-state index contributed by atoms with van der Waals surface area (Å²) in [7, 11) is 1.33. The van der Waals surface area contributed by atoms with Crippen LogP contribution in [0, 0.1) is 13.8 Å². The minimum Gasteiger partial charge on any atom is -0.469 e. The van der Waals surface area contributed by atoms with Crippen molar-refractivity contribution in [2.24, 2.45) is 0 Å². The molecule has 0 bridgehead atoms. The summed E-state index contributed by atoms with van der Waals surface area (Å²) in [4.78, 5) is 35.3. The minimum atomic E-state index is -0.630. The third kappa shape index (κ3) is 4.95. The van der Waals surface area contributed by atoms with Crippen LogP contribution in [-0.2, 0) is 25.6 Å². The monoisotopic (exact) mass is 359 g/mol. The lowest BCUT2D eigenvalue weighted by molar-refractivity contribution is -0.141. The SMILES string of the molecule is COC(=O)CCn1c(C)cc(C(=O)COC(=O)/C=C/c2ccco2)c1C. The zero-order valence-corrected chi connectivity index (χ0v) is 15.0. The van der Waals surface area contributed by atoms with Gasteiger partial charge in [-0.15, -0.1) is 0 Å². The van der Waals surface area contributed by atoms with Crippen LogP contribution in [0.4, 0.5) is 0 Å². The second-order valence-corrected chi connectivity index (χ2v) is 5.64. The van der Waals surface area contributed by atoms with E-state index in [4.69, 9.17) is 9.15 Å². The van der Waals surface area contributed by atoms with Gasteiger partial charge in [-0.1, -0.05) is 0 Å². The van der Waals surface area contributed by atoms with Gasteiger partial charge in [0.05, 0.1) is 19.8 Å². The Morgan fingerprint density at radius 3 is 2.69 bits per heavy atom. The predicted molar refractivity (Wildman–Crippen MR) is 93.6 cm³/mol. The zero-order chi connectivity index (χ0) is 19.1. The van der Waals surface area contributed by atoms with Gasteiger partial charge >= 0.3 is 11.9 Å². The van der Waals surface area contributed by atoms with E-state index in [1.165, 1.54) is 25.5 Å². The van der Waals surface area contributed by atoms with E-state index in [0.717, 1.165) is 11.4 Å². The topological polar surface area (TPSA) is 87.7 Å². The number of ketones is 1. The highest BCUT2D eigenvalue weighted by Crippen LogP contribution is 2.17. The lowest BCUT2D eigenvalue weighted by Crippen LogP contribution is -2.14. The van der Waals surface area contributed by atoms with Gasteiger partial charge in [-0.05, 0) is 38.1 Å². The van der Waals surface area contributed by atoms with Gasteiger partial charge in [0.15, 0.2) is 6.61 Å². The van der Waals surface area contributed by atoms with Crippen LogP contribution in [0.3, 0.4) is 0 Å². The molecule has 0 fully saturated rings. The number of methoxy groups -OCH3 is 1. The van der Waals surface area contributed by atoms with Crippen molar-refractivity contribution in [3.05, 3.63) is 53.2 Å². The van der Waals surface area contributed by atoms with Crippen LogP contribution in [0.5, 0.6) is 0 Å². The molecule has 0 N–H and O–H groups in total.